The van der Waals surface area contributed by atoms with Gasteiger partial charge in [0, 0.05) is 12.6 Å². The van der Waals surface area contributed by atoms with Crippen LogP contribution in [0.5, 0.6) is 0 Å². The van der Waals surface area contributed by atoms with E-state index in [0.29, 0.717) is 6.04 Å². The molecule has 1 aliphatic heterocycles. The minimum Gasteiger partial charge on any atom is -0.380 e. The van der Waals surface area contributed by atoms with Crippen LogP contribution in [0.4, 0.5) is 0 Å². The van der Waals surface area contributed by atoms with Crippen molar-refractivity contribution in [2.75, 3.05) is 40.4 Å². The predicted molar refractivity (Wildman–Crippen MR) is 55.0 cm³/mol. The third kappa shape index (κ3) is 5.24. The number of ether oxygens (including phenoxy) is 1. The smallest absolute Gasteiger partial charge is 0.0620 e. The Labute approximate surface area is 81.4 Å². The molecule has 0 aliphatic carbocycles. The lowest BCUT2D eigenvalue weighted by Gasteiger charge is -2.11. The van der Waals surface area contributed by atoms with Crippen molar-refractivity contribution >= 4 is 0 Å². The molecule has 1 N–H and O–H groups in total. The fourth-order valence-corrected chi connectivity index (χ4v) is 1.55. The Hall–Kier alpha value is -0.120. The molecule has 1 rings (SSSR count). The summed E-state index contributed by atoms with van der Waals surface area (Å²) in [4.78, 5) is 2.23. The molecule has 1 atom stereocenters. The predicted octanol–water partition coefficient (Wildman–Crippen LogP) is 0.707. The zero-order valence-corrected chi connectivity index (χ0v) is 8.88. The van der Waals surface area contributed by atoms with Crippen LogP contribution in [0, 0.1) is 0 Å². The molecule has 0 aromatic carbocycles. The highest BCUT2D eigenvalue weighted by Gasteiger charge is 2.13. The lowest BCUT2D eigenvalue weighted by Crippen LogP contribution is -2.30. The van der Waals surface area contributed by atoms with E-state index >= 15 is 0 Å². The highest BCUT2D eigenvalue weighted by Crippen LogP contribution is 2.03. The van der Waals surface area contributed by atoms with Crippen LogP contribution in [0.25, 0.3) is 0 Å². The zero-order valence-electron chi connectivity index (χ0n) is 8.88. The molecule has 1 aliphatic rings. The van der Waals surface area contributed by atoms with Crippen molar-refractivity contribution < 1.29 is 4.74 Å². The molecule has 0 aromatic heterocycles. The Kier molecular flexibility index (Phi) is 5.35. The SMILES string of the molecule is CN(C)CCCCNC1CCOC1. The fraction of sp³-hybridized carbons (Fsp3) is 1.00. The maximum absolute atomic E-state index is 5.28. The molecule has 0 saturated carbocycles. The summed E-state index contributed by atoms with van der Waals surface area (Å²) in [5.41, 5.74) is 0. The Morgan fingerprint density at radius 3 is 2.85 bits per heavy atom. The van der Waals surface area contributed by atoms with E-state index in [0.717, 1.165) is 19.8 Å². The molecule has 0 amide bonds. The van der Waals surface area contributed by atoms with Crippen molar-refractivity contribution in [2.24, 2.45) is 0 Å². The van der Waals surface area contributed by atoms with Crippen molar-refractivity contribution in [3.8, 4) is 0 Å². The van der Waals surface area contributed by atoms with Gasteiger partial charge < -0.3 is 15.0 Å². The van der Waals surface area contributed by atoms with Crippen molar-refractivity contribution in [1.29, 1.82) is 0 Å². The largest absolute Gasteiger partial charge is 0.380 e. The molecule has 78 valence electrons. The van der Waals surface area contributed by atoms with Crippen LogP contribution in [-0.2, 0) is 4.74 Å². The van der Waals surface area contributed by atoms with Crippen molar-refractivity contribution in [3.63, 3.8) is 0 Å². The van der Waals surface area contributed by atoms with E-state index in [4.69, 9.17) is 4.74 Å². The van der Waals surface area contributed by atoms with Crippen molar-refractivity contribution in [1.82, 2.24) is 10.2 Å². The fourth-order valence-electron chi connectivity index (χ4n) is 1.55. The van der Waals surface area contributed by atoms with E-state index in [1.54, 1.807) is 0 Å². The average Bonchev–Trinajstić information content (AvgIpc) is 2.55. The second-order valence-corrected chi connectivity index (χ2v) is 4.03. The van der Waals surface area contributed by atoms with Crippen LogP contribution in [0.15, 0.2) is 0 Å². The van der Waals surface area contributed by atoms with Crippen LogP contribution in [0.1, 0.15) is 19.3 Å². The summed E-state index contributed by atoms with van der Waals surface area (Å²) in [6.45, 7) is 4.19. The molecular weight excluding hydrogens is 164 g/mol. The summed E-state index contributed by atoms with van der Waals surface area (Å²) in [5, 5.41) is 3.51. The number of nitrogens with zero attached hydrogens (tertiary/aromatic N) is 1. The molecule has 0 aromatic rings. The van der Waals surface area contributed by atoms with Crippen molar-refractivity contribution in [3.05, 3.63) is 0 Å². The molecule has 3 nitrogen and oxygen atoms in total. The Morgan fingerprint density at radius 1 is 1.38 bits per heavy atom. The molecule has 0 spiro atoms. The molecule has 1 heterocycles. The Bertz CT molecular complexity index is 122. The van der Waals surface area contributed by atoms with Gasteiger partial charge in [-0.25, -0.2) is 0 Å². The first-order valence-corrected chi connectivity index (χ1v) is 5.25. The number of nitrogens with one attached hydrogen (secondary N) is 1. The van der Waals surface area contributed by atoms with Crippen molar-refractivity contribution in [2.45, 2.75) is 25.3 Å². The van der Waals surface area contributed by atoms with Gasteiger partial charge in [-0.2, -0.15) is 0 Å². The molecule has 0 radical (unpaired) electrons. The lowest BCUT2D eigenvalue weighted by atomic mass is 10.2. The summed E-state index contributed by atoms with van der Waals surface area (Å²) in [6, 6.07) is 0.624. The molecule has 1 saturated heterocycles. The molecule has 13 heavy (non-hydrogen) atoms. The first kappa shape index (κ1) is 11.0. The maximum atomic E-state index is 5.28. The Balaban J connectivity index is 1.83. The highest BCUT2D eigenvalue weighted by atomic mass is 16.5. The van der Waals surface area contributed by atoms with Gasteiger partial charge in [-0.1, -0.05) is 0 Å². The molecule has 1 unspecified atom stereocenters. The van der Waals surface area contributed by atoms with Gasteiger partial charge in [0.1, 0.15) is 0 Å². The normalized spacial score (nSPS) is 22.8. The van der Waals surface area contributed by atoms with Crippen LogP contribution in [-0.4, -0.2) is 51.3 Å². The number of hydrogen-bond acceptors (Lipinski definition) is 3. The number of rotatable bonds is 6. The average molecular weight is 186 g/mol. The second-order valence-electron chi connectivity index (χ2n) is 4.03. The van der Waals surface area contributed by atoms with Crippen LogP contribution < -0.4 is 5.32 Å². The van der Waals surface area contributed by atoms with E-state index in [-0.39, 0.29) is 0 Å². The standard InChI is InChI=1S/C10H22N2O/c1-12(2)7-4-3-6-11-10-5-8-13-9-10/h10-11H,3-9H2,1-2H3. The van der Waals surface area contributed by atoms with Gasteiger partial charge in [0.05, 0.1) is 6.61 Å². The topological polar surface area (TPSA) is 24.5 Å². The summed E-state index contributed by atoms with van der Waals surface area (Å²) >= 11 is 0. The first-order valence-electron chi connectivity index (χ1n) is 5.25. The highest BCUT2D eigenvalue weighted by molar-refractivity contribution is 4.70. The van der Waals surface area contributed by atoms with Gasteiger partial charge in [0.25, 0.3) is 0 Å². The second kappa shape index (κ2) is 6.35. The van der Waals surface area contributed by atoms with E-state index in [1.807, 2.05) is 0 Å². The zero-order chi connectivity index (χ0) is 9.52. The minimum absolute atomic E-state index is 0.624. The third-order valence-corrected chi connectivity index (χ3v) is 2.39. The van der Waals surface area contributed by atoms with E-state index in [1.165, 1.54) is 25.8 Å². The van der Waals surface area contributed by atoms with E-state index < -0.39 is 0 Å². The van der Waals surface area contributed by atoms with E-state index in [9.17, 15) is 0 Å². The third-order valence-electron chi connectivity index (χ3n) is 2.39. The lowest BCUT2D eigenvalue weighted by molar-refractivity contribution is 0.190. The quantitative estimate of drug-likeness (QED) is 0.618. The van der Waals surface area contributed by atoms with Gasteiger partial charge in [-0.05, 0) is 46.4 Å². The van der Waals surface area contributed by atoms with E-state index in [2.05, 4.69) is 24.3 Å². The summed E-state index contributed by atoms with van der Waals surface area (Å²) < 4.78 is 5.28. The van der Waals surface area contributed by atoms with Crippen LogP contribution in [0.2, 0.25) is 0 Å². The summed E-state index contributed by atoms with van der Waals surface area (Å²) in [5.74, 6) is 0. The molecular formula is C10H22N2O. The van der Waals surface area contributed by atoms with Gasteiger partial charge in [-0.3, -0.25) is 0 Å². The molecule has 1 fully saturated rings. The molecule has 3 heteroatoms. The Morgan fingerprint density at radius 2 is 2.23 bits per heavy atom. The van der Waals surface area contributed by atoms with Gasteiger partial charge in [0.2, 0.25) is 0 Å². The van der Waals surface area contributed by atoms with Gasteiger partial charge in [0.15, 0.2) is 0 Å². The summed E-state index contributed by atoms with van der Waals surface area (Å²) in [6.07, 6.45) is 3.75. The number of unbranched alkanes of at least 4 members (excludes halogenated alkanes) is 1. The van der Waals surface area contributed by atoms with Gasteiger partial charge in [-0.15, -0.1) is 0 Å². The maximum Gasteiger partial charge on any atom is 0.0620 e. The molecule has 0 bridgehead atoms. The van der Waals surface area contributed by atoms with Crippen LogP contribution in [0.3, 0.4) is 0 Å². The summed E-state index contributed by atoms with van der Waals surface area (Å²) in [7, 11) is 4.25. The minimum atomic E-state index is 0.624. The van der Waals surface area contributed by atoms with Crippen LogP contribution >= 0.6 is 0 Å². The number of hydrogen-bond donors (Lipinski definition) is 1. The van der Waals surface area contributed by atoms with Gasteiger partial charge >= 0.3 is 0 Å². The monoisotopic (exact) mass is 186 g/mol. The first-order chi connectivity index (χ1) is 6.29.